The van der Waals surface area contributed by atoms with E-state index in [-0.39, 0.29) is 0 Å². The molecule has 1 amide bonds. The molecule has 0 radical (unpaired) electrons. The highest BCUT2D eigenvalue weighted by molar-refractivity contribution is 14.1. The summed E-state index contributed by atoms with van der Waals surface area (Å²) in [5, 5.41) is 2.57. The van der Waals surface area contributed by atoms with Crippen LogP contribution >= 0.6 is 22.6 Å². The standard InChI is InChI=1S/C11H13FINO/c1-7-8(13)5-4-6-9(7)14-10(15)11(2,3)12/h4-6H,1-3H3,(H,14,15). The second-order valence-electron chi connectivity index (χ2n) is 3.84. The summed E-state index contributed by atoms with van der Waals surface area (Å²) in [4.78, 5) is 11.4. The van der Waals surface area contributed by atoms with Gasteiger partial charge in [0.25, 0.3) is 5.91 Å². The molecule has 0 unspecified atom stereocenters. The number of anilines is 1. The number of amides is 1. The molecule has 4 heteroatoms. The van der Waals surface area contributed by atoms with Crippen molar-refractivity contribution in [2.24, 2.45) is 0 Å². The fraction of sp³-hybridized carbons (Fsp3) is 0.364. The Bertz CT molecular complexity index is 385. The van der Waals surface area contributed by atoms with Crippen LogP contribution in [0.4, 0.5) is 10.1 Å². The minimum absolute atomic E-state index is 0.618. The lowest BCUT2D eigenvalue weighted by atomic mass is 10.1. The van der Waals surface area contributed by atoms with Crippen molar-refractivity contribution < 1.29 is 9.18 Å². The summed E-state index contributed by atoms with van der Waals surface area (Å²) in [6.07, 6.45) is 0. The van der Waals surface area contributed by atoms with Gasteiger partial charge < -0.3 is 5.32 Å². The monoisotopic (exact) mass is 321 g/mol. The van der Waals surface area contributed by atoms with Crippen LogP contribution in [0.5, 0.6) is 0 Å². The third-order valence-corrected chi connectivity index (χ3v) is 3.22. The molecule has 1 rings (SSSR count). The molecule has 0 aliphatic carbocycles. The highest BCUT2D eigenvalue weighted by Gasteiger charge is 2.26. The Kier molecular flexibility index (Phi) is 3.70. The fourth-order valence-corrected chi connectivity index (χ4v) is 1.51. The zero-order valence-corrected chi connectivity index (χ0v) is 11.1. The number of carbonyl (C=O) groups is 1. The van der Waals surface area contributed by atoms with Crippen LogP contribution in [0, 0.1) is 10.5 Å². The number of hydrogen-bond donors (Lipinski definition) is 1. The SMILES string of the molecule is Cc1c(I)cccc1NC(=O)C(C)(C)F. The predicted octanol–water partition coefficient (Wildman–Crippen LogP) is 3.29. The molecule has 0 aliphatic rings. The summed E-state index contributed by atoms with van der Waals surface area (Å²) in [5.41, 5.74) is -0.235. The molecule has 1 aromatic rings. The first kappa shape index (κ1) is 12.4. The first-order chi connectivity index (χ1) is 6.82. The molecule has 1 aromatic carbocycles. The fourth-order valence-electron chi connectivity index (χ4n) is 1.01. The van der Waals surface area contributed by atoms with Crippen LogP contribution in [-0.4, -0.2) is 11.6 Å². The topological polar surface area (TPSA) is 29.1 Å². The van der Waals surface area contributed by atoms with E-state index in [2.05, 4.69) is 27.9 Å². The molecular formula is C11H13FINO. The quantitative estimate of drug-likeness (QED) is 0.832. The Morgan fingerprint density at radius 2 is 2.07 bits per heavy atom. The van der Waals surface area contributed by atoms with Crippen LogP contribution < -0.4 is 5.32 Å². The van der Waals surface area contributed by atoms with Gasteiger partial charge in [0.05, 0.1) is 0 Å². The number of rotatable bonds is 2. The average Bonchev–Trinajstić information content (AvgIpc) is 2.11. The molecule has 15 heavy (non-hydrogen) atoms. The lowest BCUT2D eigenvalue weighted by molar-refractivity contribution is -0.125. The molecule has 0 aromatic heterocycles. The van der Waals surface area contributed by atoms with Crippen molar-refractivity contribution in [3.05, 3.63) is 27.3 Å². The van der Waals surface area contributed by atoms with Gasteiger partial charge >= 0.3 is 0 Å². The summed E-state index contributed by atoms with van der Waals surface area (Å²) in [5.74, 6) is -0.618. The highest BCUT2D eigenvalue weighted by Crippen LogP contribution is 2.22. The Labute approximate surface area is 102 Å². The van der Waals surface area contributed by atoms with Crippen molar-refractivity contribution in [2.45, 2.75) is 26.4 Å². The van der Waals surface area contributed by atoms with E-state index in [9.17, 15) is 9.18 Å². The van der Waals surface area contributed by atoms with Gasteiger partial charge in [-0.1, -0.05) is 6.07 Å². The third kappa shape index (κ3) is 3.15. The Morgan fingerprint density at radius 1 is 1.47 bits per heavy atom. The van der Waals surface area contributed by atoms with Crippen LogP contribution in [0.15, 0.2) is 18.2 Å². The van der Waals surface area contributed by atoms with E-state index in [0.29, 0.717) is 5.69 Å². The number of halogens is 2. The molecule has 0 aliphatic heterocycles. The smallest absolute Gasteiger partial charge is 0.261 e. The van der Waals surface area contributed by atoms with Gasteiger partial charge in [-0.15, -0.1) is 0 Å². The van der Waals surface area contributed by atoms with Gasteiger partial charge in [0.2, 0.25) is 0 Å². The van der Waals surface area contributed by atoms with Gasteiger partial charge in [0.1, 0.15) is 0 Å². The van der Waals surface area contributed by atoms with Gasteiger partial charge in [-0.25, -0.2) is 4.39 Å². The lowest BCUT2D eigenvalue weighted by Crippen LogP contribution is -2.32. The van der Waals surface area contributed by atoms with Gasteiger partial charge in [-0.3, -0.25) is 4.79 Å². The van der Waals surface area contributed by atoms with E-state index in [1.807, 2.05) is 19.1 Å². The number of hydrogen-bond acceptors (Lipinski definition) is 1. The third-order valence-electron chi connectivity index (χ3n) is 2.06. The van der Waals surface area contributed by atoms with Crippen LogP contribution in [0.1, 0.15) is 19.4 Å². The number of alkyl halides is 1. The molecule has 82 valence electrons. The first-order valence-electron chi connectivity index (χ1n) is 4.58. The molecule has 0 spiro atoms. The van der Waals surface area contributed by atoms with Gasteiger partial charge in [0, 0.05) is 9.26 Å². The zero-order chi connectivity index (χ0) is 11.6. The Hall–Kier alpha value is -0.650. The maximum Gasteiger partial charge on any atom is 0.261 e. The molecule has 0 bridgehead atoms. The maximum atomic E-state index is 13.3. The normalized spacial score (nSPS) is 11.3. The number of nitrogens with one attached hydrogen (secondary N) is 1. The maximum absolute atomic E-state index is 13.3. The molecule has 2 nitrogen and oxygen atoms in total. The summed E-state index contributed by atoms with van der Waals surface area (Å²) < 4.78 is 14.3. The van der Waals surface area contributed by atoms with Crippen LogP contribution in [0.2, 0.25) is 0 Å². The number of carbonyl (C=O) groups excluding carboxylic acids is 1. The van der Waals surface area contributed by atoms with Gasteiger partial charge in [0.15, 0.2) is 5.67 Å². The summed E-state index contributed by atoms with van der Waals surface area (Å²) >= 11 is 2.17. The molecule has 0 heterocycles. The minimum atomic E-state index is -1.85. The molecule has 0 saturated heterocycles. The van der Waals surface area contributed by atoms with Crippen molar-refractivity contribution in [3.8, 4) is 0 Å². The summed E-state index contributed by atoms with van der Waals surface area (Å²) in [7, 11) is 0. The van der Waals surface area contributed by atoms with E-state index in [4.69, 9.17) is 0 Å². The van der Waals surface area contributed by atoms with E-state index < -0.39 is 11.6 Å². The van der Waals surface area contributed by atoms with Crippen molar-refractivity contribution in [3.63, 3.8) is 0 Å². The van der Waals surface area contributed by atoms with Crippen molar-refractivity contribution in [1.82, 2.24) is 0 Å². The zero-order valence-electron chi connectivity index (χ0n) is 8.90. The molecule has 0 atom stereocenters. The predicted molar refractivity (Wildman–Crippen MR) is 67.7 cm³/mol. The lowest BCUT2D eigenvalue weighted by Gasteiger charge is -2.15. The molecular weight excluding hydrogens is 308 g/mol. The minimum Gasteiger partial charge on any atom is -0.323 e. The van der Waals surface area contributed by atoms with Crippen molar-refractivity contribution in [1.29, 1.82) is 0 Å². The molecule has 0 saturated carbocycles. The van der Waals surface area contributed by atoms with Crippen molar-refractivity contribution in [2.75, 3.05) is 5.32 Å². The van der Waals surface area contributed by atoms with E-state index in [1.54, 1.807) is 6.07 Å². The second-order valence-corrected chi connectivity index (χ2v) is 5.00. The van der Waals surface area contributed by atoms with Crippen LogP contribution in [0.3, 0.4) is 0 Å². The average molecular weight is 321 g/mol. The van der Waals surface area contributed by atoms with E-state index >= 15 is 0 Å². The number of benzene rings is 1. The second kappa shape index (κ2) is 4.47. The van der Waals surface area contributed by atoms with Gasteiger partial charge in [-0.05, 0) is 61.1 Å². The Balaban J connectivity index is 2.91. The van der Waals surface area contributed by atoms with E-state index in [0.717, 1.165) is 9.13 Å². The first-order valence-corrected chi connectivity index (χ1v) is 5.65. The van der Waals surface area contributed by atoms with Crippen LogP contribution in [0.25, 0.3) is 0 Å². The summed E-state index contributed by atoms with van der Waals surface area (Å²) in [6.45, 7) is 4.37. The van der Waals surface area contributed by atoms with E-state index in [1.165, 1.54) is 13.8 Å². The Morgan fingerprint density at radius 3 is 2.60 bits per heavy atom. The van der Waals surface area contributed by atoms with Crippen LogP contribution in [-0.2, 0) is 4.79 Å². The largest absolute Gasteiger partial charge is 0.323 e. The molecule has 0 fully saturated rings. The molecule has 1 N–H and O–H groups in total. The van der Waals surface area contributed by atoms with Gasteiger partial charge in [-0.2, -0.15) is 0 Å². The van der Waals surface area contributed by atoms with Crippen molar-refractivity contribution >= 4 is 34.2 Å². The highest BCUT2D eigenvalue weighted by atomic mass is 127. The summed E-state index contributed by atoms with van der Waals surface area (Å²) in [6, 6.07) is 5.53.